The van der Waals surface area contributed by atoms with Crippen molar-refractivity contribution < 1.29 is 0 Å². The molecular weight excluding hydrogens is 208 g/mol. The summed E-state index contributed by atoms with van der Waals surface area (Å²) in [5, 5.41) is 0. The predicted molar refractivity (Wildman–Crippen MR) is 70.6 cm³/mol. The van der Waals surface area contributed by atoms with Crippen LogP contribution in [0.4, 0.5) is 0 Å². The van der Waals surface area contributed by atoms with E-state index >= 15 is 0 Å². The first-order valence-corrected chi connectivity index (χ1v) is 6.84. The van der Waals surface area contributed by atoms with Crippen LogP contribution in [0.5, 0.6) is 0 Å². The Hall–Kier alpha value is -0.860. The molecule has 2 aliphatic rings. The Morgan fingerprint density at radius 3 is 2.82 bits per heavy atom. The molecule has 17 heavy (non-hydrogen) atoms. The first-order chi connectivity index (χ1) is 8.35. The quantitative estimate of drug-likeness (QED) is 0.864. The lowest BCUT2D eigenvalue weighted by molar-refractivity contribution is 0.119. The van der Waals surface area contributed by atoms with Crippen molar-refractivity contribution in [2.75, 3.05) is 13.1 Å². The fourth-order valence-electron chi connectivity index (χ4n) is 3.93. The van der Waals surface area contributed by atoms with Gasteiger partial charge in [0.1, 0.15) is 0 Å². The minimum absolute atomic E-state index is 0.329. The molecule has 2 nitrogen and oxygen atoms in total. The van der Waals surface area contributed by atoms with E-state index in [2.05, 4.69) is 35.2 Å². The van der Waals surface area contributed by atoms with Gasteiger partial charge in [0.05, 0.1) is 0 Å². The van der Waals surface area contributed by atoms with Gasteiger partial charge in [-0.3, -0.25) is 4.90 Å². The Morgan fingerprint density at radius 2 is 2.06 bits per heavy atom. The van der Waals surface area contributed by atoms with Gasteiger partial charge in [-0.05, 0) is 37.3 Å². The minimum Gasteiger partial charge on any atom is -0.329 e. The summed E-state index contributed by atoms with van der Waals surface area (Å²) in [5.74, 6) is 0.858. The number of hydrogen-bond donors (Lipinski definition) is 1. The molecular formula is C15H22N2. The first kappa shape index (κ1) is 11.2. The molecule has 2 heteroatoms. The minimum atomic E-state index is 0.329. The van der Waals surface area contributed by atoms with Gasteiger partial charge < -0.3 is 5.73 Å². The van der Waals surface area contributed by atoms with Crippen molar-refractivity contribution in [1.29, 1.82) is 0 Å². The summed E-state index contributed by atoms with van der Waals surface area (Å²) in [7, 11) is 0. The third-order valence-corrected chi connectivity index (χ3v) is 4.87. The zero-order valence-corrected chi connectivity index (χ0v) is 10.4. The Labute approximate surface area is 104 Å². The van der Waals surface area contributed by atoms with Gasteiger partial charge in [0, 0.05) is 18.6 Å². The van der Waals surface area contributed by atoms with Crippen LogP contribution in [0.25, 0.3) is 0 Å². The maximum atomic E-state index is 6.11. The average Bonchev–Trinajstić information content (AvgIpc) is 2.91. The van der Waals surface area contributed by atoms with Gasteiger partial charge in [0.15, 0.2) is 0 Å². The van der Waals surface area contributed by atoms with Crippen LogP contribution in [0.2, 0.25) is 0 Å². The molecule has 2 fully saturated rings. The maximum Gasteiger partial charge on any atom is 0.0363 e. The highest BCUT2D eigenvalue weighted by Crippen LogP contribution is 2.47. The van der Waals surface area contributed by atoms with Crippen LogP contribution in [0.15, 0.2) is 30.3 Å². The van der Waals surface area contributed by atoms with E-state index in [9.17, 15) is 0 Å². The number of rotatable bonds is 3. The van der Waals surface area contributed by atoms with Crippen LogP contribution in [0, 0.1) is 5.92 Å². The van der Waals surface area contributed by atoms with E-state index in [4.69, 9.17) is 5.73 Å². The number of likely N-dealkylation sites (tertiary alicyclic amines) is 1. The third-order valence-electron chi connectivity index (χ3n) is 4.87. The molecule has 0 amide bonds. The molecule has 1 aliphatic carbocycles. The molecule has 2 N–H and O–H groups in total. The summed E-state index contributed by atoms with van der Waals surface area (Å²) in [5.41, 5.74) is 7.87. The molecule has 0 radical (unpaired) electrons. The molecule has 1 aromatic carbocycles. The molecule has 0 aromatic heterocycles. The normalized spacial score (nSPS) is 32.9. The number of nitrogens with two attached hydrogens (primary N) is 1. The number of hydrogen-bond acceptors (Lipinski definition) is 2. The number of benzene rings is 1. The lowest BCUT2D eigenvalue weighted by Crippen LogP contribution is -2.50. The van der Waals surface area contributed by atoms with Gasteiger partial charge in [-0.2, -0.15) is 0 Å². The van der Waals surface area contributed by atoms with Crippen LogP contribution in [-0.2, 0) is 6.54 Å². The highest BCUT2D eigenvalue weighted by Gasteiger charge is 2.49. The molecule has 92 valence electrons. The van der Waals surface area contributed by atoms with Gasteiger partial charge in [0.2, 0.25) is 0 Å². The molecule has 0 bridgehead atoms. The van der Waals surface area contributed by atoms with E-state index in [-0.39, 0.29) is 0 Å². The maximum absolute atomic E-state index is 6.11. The fourth-order valence-corrected chi connectivity index (χ4v) is 3.93. The van der Waals surface area contributed by atoms with Crippen LogP contribution in [-0.4, -0.2) is 23.5 Å². The lowest BCUT2D eigenvalue weighted by Gasteiger charge is -2.38. The molecule has 1 saturated carbocycles. The number of fused-ring (bicyclic) bond motifs is 1. The van der Waals surface area contributed by atoms with E-state index in [1.807, 2.05) is 0 Å². The van der Waals surface area contributed by atoms with Crippen LogP contribution in [0.3, 0.4) is 0 Å². The van der Waals surface area contributed by atoms with Crippen molar-refractivity contribution in [2.45, 2.75) is 37.8 Å². The standard InChI is InChI=1S/C15H22N2/c16-12-15-9-4-7-14(15)8-10-17(15)11-13-5-2-1-3-6-13/h1-3,5-6,14H,4,7-12,16H2. The second-order valence-electron chi connectivity index (χ2n) is 5.59. The summed E-state index contributed by atoms with van der Waals surface area (Å²) >= 11 is 0. The third kappa shape index (κ3) is 1.80. The van der Waals surface area contributed by atoms with Crippen molar-refractivity contribution in [1.82, 2.24) is 4.90 Å². The molecule has 2 unspecified atom stereocenters. The Balaban J connectivity index is 1.79. The van der Waals surface area contributed by atoms with E-state index in [0.29, 0.717) is 5.54 Å². The molecule has 2 atom stereocenters. The van der Waals surface area contributed by atoms with Crippen LogP contribution in [0.1, 0.15) is 31.2 Å². The van der Waals surface area contributed by atoms with Gasteiger partial charge in [0.25, 0.3) is 0 Å². The first-order valence-electron chi connectivity index (χ1n) is 6.84. The van der Waals surface area contributed by atoms with E-state index in [1.165, 1.54) is 37.8 Å². The molecule has 1 aromatic rings. The summed E-state index contributed by atoms with van der Waals surface area (Å²) in [6.45, 7) is 3.15. The average molecular weight is 230 g/mol. The van der Waals surface area contributed by atoms with E-state index < -0.39 is 0 Å². The van der Waals surface area contributed by atoms with E-state index in [0.717, 1.165) is 19.0 Å². The molecule has 1 saturated heterocycles. The topological polar surface area (TPSA) is 29.3 Å². The largest absolute Gasteiger partial charge is 0.329 e. The lowest BCUT2D eigenvalue weighted by atomic mass is 9.88. The summed E-state index contributed by atoms with van der Waals surface area (Å²) in [6.07, 6.45) is 5.42. The number of nitrogens with zero attached hydrogens (tertiary/aromatic N) is 1. The van der Waals surface area contributed by atoms with Crippen molar-refractivity contribution >= 4 is 0 Å². The highest BCUT2D eigenvalue weighted by molar-refractivity contribution is 5.17. The Bertz CT molecular complexity index is 376. The van der Waals surface area contributed by atoms with Gasteiger partial charge >= 0.3 is 0 Å². The molecule has 0 spiro atoms. The second-order valence-corrected chi connectivity index (χ2v) is 5.59. The molecule has 3 rings (SSSR count). The van der Waals surface area contributed by atoms with Gasteiger partial charge in [-0.25, -0.2) is 0 Å². The Kier molecular flexibility index (Phi) is 2.93. The zero-order chi connectivity index (χ0) is 11.7. The molecule has 1 heterocycles. The fraction of sp³-hybridized carbons (Fsp3) is 0.600. The summed E-state index contributed by atoms with van der Waals surface area (Å²) in [6, 6.07) is 10.8. The SMILES string of the molecule is NCC12CCCC1CCN2Cc1ccccc1. The van der Waals surface area contributed by atoms with E-state index in [1.54, 1.807) is 0 Å². The Morgan fingerprint density at radius 1 is 1.24 bits per heavy atom. The predicted octanol–water partition coefficient (Wildman–Crippen LogP) is 2.39. The van der Waals surface area contributed by atoms with Gasteiger partial charge in [-0.1, -0.05) is 36.8 Å². The van der Waals surface area contributed by atoms with Crippen molar-refractivity contribution in [3.05, 3.63) is 35.9 Å². The summed E-state index contributed by atoms with van der Waals surface area (Å²) < 4.78 is 0. The smallest absolute Gasteiger partial charge is 0.0363 e. The van der Waals surface area contributed by atoms with Crippen LogP contribution >= 0.6 is 0 Å². The highest BCUT2D eigenvalue weighted by atomic mass is 15.2. The van der Waals surface area contributed by atoms with Crippen molar-refractivity contribution in [3.63, 3.8) is 0 Å². The van der Waals surface area contributed by atoms with Gasteiger partial charge in [-0.15, -0.1) is 0 Å². The van der Waals surface area contributed by atoms with Crippen LogP contribution < -0.4 is 5.73 Å². The second kappa shape index (κ2) is 4.43. The monoisotopic (exact) mass is 230 g/mol. The summed E-state index contributed by atoms with van der Waals surface area (Å²) in [4.78, 5) is 2.65. The van der Waals surface area contributed by atoms with Crippen molar-refractivity contribution in [3.8, 4) is 0 Å². The van der Waals surface area contributed by atoms with Crippen molar-refractivity contribution in [2.24, 2.45) is 11.7 Å². The molecule has 1 aliphatic heterocycles. The zero-order valence-electron chi connectivity index (χ0n) is 10.4.